The zero-order valence-electron chi connectivity index (χ0n) is 14.1. The third-order valence-corrected chi connectivity index (χ3v) is 4.33. The first-order valence-electron chi connectivity index (χ1n) is 8.08. The topological polar surface area (TPSA) is 44.8 Å². The summed E-state index contributed by atoms with van der Waals surface area (Å²) in [5.74, 6) is 0. The summed E-state index contributed by atoms with van der Waals surface area (Å²) in [6.07, 6.45) is 0.854. The van der Waals surface area contributed by atoms with Gasteiger partial charge in [-0.25, -0.2) is 4.79 Å². The summed E-state index contributed by atoms with van der Waals surface area (Å²) in [5, 5.41) is 3.80. The number of nitrogens with one attached hydrogen (secondary N) is 1. The second kappa shape index (κ2) is 8.52. The number of likely N-dealkylation sites (N-methyl/N-ethyl adjacent to an activating group) is 1. The Bertz CT molecular complexity index is 509. The van der Waals surface area contributed by atoms with Gasteiger partial charge in [-0.3, -0.25) is 0 Å². The Balaban J connectivity index is 2.17. The van der Waals surface area contributed by atoms with Crippen LogP contribution in [0.1, 0.15) is 24.9 Å². The van der Waals surface area contributed by atoms with E-state index in [2.05, 4.69) is 24.2 Å². The average molecular weight is 340 g/mol. The van der Waals surface area contributed by atoms with Gasteiger partial charge in [0.2, 0.25) is 0 Å². The van der Waals surface area contributed by atoms with Crippen molar-refractivity contribution in [3.63, 3.8) is 0 Å². The standard InChI is InChI=1S/C17H26ClN3O2/c1-4-9-21(3)17(22)19-16(13-5-7-14(18)8-6-13)15-12-20(2)10-11-23-15/h5-8,15-16H,4,9-12H2,1-3H3,(H,19,22)/t15-,16+/m0/s1. The van der Waals surface area contributed by atoms with Crippen molar-refractivity contribution in [3.05, 3.63) is 34.9 Å². The molecule has 2 amide bonds. The number of nitrogens with zero attached hydrogens (tertiary/aromatic N) is 2. The molecule has 5 nitrogen and oxygen atoms in total. The summed E-state index contributed by atoms with van der Waals surface area (Å²) in [6.45, 7) is 5.15. The molecule has 1 saturated heterocycles. The molecule has 0 bridgehead atoms. The Morgan fingerprint density at radius 2 is 2.17 bits per heavy atom. The van der Waals surface area contributed by atoms with E-state index < -0.39 is 0 Å². The van der Waals surface area contributed by atoms with Crippen molar-refractivity contribution < 1.29 is 9.53 Å². The van der Waals surface area contributed by atoms with Crippen molar-refractivity contribution in [2.75, 3.05) is 40.3 Å². The number of morpholine rings is 1. The lowest BCUT2D eigenvalue weighted by atomic mass is 10.00. The van der Waals surface area contributed by atoms with Crippen LogP contribution in [0.25, 0.3) is 0 Å². The zero-order chi connectivity index (χ0) is 16.8. The smallest absolute Gasteiger partial charge is 0.317 e. The minimum absolute atomic E-state index is 0.0751. The van der Waals surface area contributed by atoms with E-state index in [1.807, 2.05) is 31.3 Å². The lowest BCUT2D eigenvalue weighted by molar-refractivity contribution is -0.0377. The van der Waals surface area contributed by atoms with Gasteiger partial charge in [-0.1, -0.05) is 30.7 Å². The highest BCUT2D eigenvalue weighted by molar-refractivity contribution is 6.30. The molecule has 128 valence electrons. The van der Waals surface area contributed by atoms with Gasteiger partial charge in [0.1, 0.15) is 0 Å². The average Bonchev–Trinajstić information content (AvgIpc) is 2.53. The number of hydrogen-bond donors (Lipinski definition) is 1. The predicted octanol–water partition coefficient (Wildman–Crippen LogP) is 2.76. The molecular formula is C17H26ClN3O2. The molecule has 1 heterocycles. The summed E-state index contributed by atoms with van der Waals surface area (Å²) in [7, 11) is 3.88. The van der Waals surface area contributed by atoms with Gasteiger partial charge < -0.3 is 19.9 Å². The second-order valence-corrected chi connectivity index (χ2v) is 6.51. The van der Waals surface area contributed by atoms with Gasteiger partial charge in [-0.2, -0.15) is 0 Å². The highest BCUT2D eigenvalue weighted by Crippen LogP contribution is 2.24. The first-order valence-corrected chi connectivity index (χ1v) is 8.46. The molecule has 2 rings (SSSR count). The molecule has 1 N–H and O–H groups in total. The molecule has 1 aromatic carbocycles. The van der Waals surface area contributed by atoms with Gasteiger partial charge in [0.25, 0.3) is 0 Å². The number of carbonyl (C=O) groups is 1. The molecule has 0 radical (unpaired) electrons. The Morgan fingerprint density at radius 1 is 1.48 bits per heavy atom. The number of urea groups is 1. The van der Waals surface area contributed by atoms with Crippen LogP contribution in [0.4, 0.5) is 4.79 Å². The Hall–Kier alpha value is -1.30. The molecule has 1 aromatic rings. The van der Waals surface area contributed by atoms with Crippen molar-refractivity contribution >= 4 is 17.6 Å². The fourth-order valence-corrected chi connectivity index (χ4v) is 2.88. The van der Waals surface area contributed by atoms with Crippen LogP contribution in [0, 0.1) is 0 Å². The molecule has 1 aliphatic rings. The van der Waals surface area contributed by atoms with Gasteiger partial charge in [0, 0.05) is 31.7 Å². The number of halogens is 1. The molecular weight excluding hydrogens is 314 g/mol. The number of carbonyl (C=O) groups excluding carboxylic acids is 1. The third kappa shape index (κ3) is 5.09. The highest BCUT2D eigenvalue weighted by Gasteiger charge is 2.30. The van der Waals surface area contributed by atoms with Gasteiger partial charge in [0.15, 0.2) is 0 Å². The molecule has 0 aliphatic carbocycles. The Kier molecular flexibility index (Phi) is 6.69. The van der Waals surface area contributed by atoms with Crippen LogP contribution in [0.15, 0.2) is 24.3 Å². The maximum Gasteiger partial charge on any atom is 0.317 e. The Labute approximate surface area is 143 Å². The molecule has 0 spiro atoms. The van der Waals surface area contributed by atoms with Gasteiger partial charge in [0.05, 0.1) is 18.8 Å². The summed E-state index contributed by atoms with van der Waals surface area (Å²) < 4.78 is 5.93. The fraction of sp³-hybridized carbons (Fsp3) is 0.588. The molecule has 1 fully saturated rings. The minimum atomic E-state index is -0.193. The van der Waals surface area contributed by atoms with Crippen molar-refractivity contribution in [1.82, 2.24) is 15.1 Å². The van der Waals surface area contributed by atoms with Crippen LogP contribution in [-0.2, 0) is 4.74 Å². The largest absolute Gasteiger partial charge is 0.373 e. The molecule has 0 aromatic heterocycles. The highest BCUT2D eigenvalue weighted by atomic mass is 35.5. The van der Waals surface area contributed by atoms with Crippen LogP contribution in [0.2, 0.25) is 5.02 Å². The Morgan fingerprint density at radius 3 is 2.78 bits per heavy atom. The van der Waals surface area contributed by atoms with Gasteiger partial charge >= 0.3 is 6.03 Å². The third-order valence-electron chi connectivity index (χ3n) is 4.08. The summed E-state index contributed by atoms with van der Waals surface area (Å²) in [4.78, 5) is 16.4. The van der Waals surface area contributed by atoms with Crippen LogP contribution in [0.5, 0.6) is 0 Å². The van der Waals surface area contributed by atoms with Gasteiger partial charge in [-0.05, 0) is 31.2 Å². The number of benzene rings is 1. The summed E-state index contributed by atoms with van der Waals surface area (Å²) >= 11 is 5.99. The first kappa shape index (κ1) is 18.0. The molecule has 23 heavy (non-hydrogen) atoms. The number of hydrogen-bond acceptors (Lipinski definition) is 3. The van der Waals surface area contributed by atoms with Crippen LogP contribution in [0.3, 0.4) is 0 Å². The monoisotopic (exact) mass is 339 g/mol. The minimum Gasteiger partial charge on any atom is -0.373 e. The normalized spacial score (nSPS) is 20.1. The SMILES string of the molecule is CCCN(C)C(=O)N[C@H](c1ccc(Cl)cc1)[C@@H]1CN(C)CCO1. The maximum absolute atomic E-state index is 12.4. The van der Waals surface area contributed by atoms with Gasteiger partial charge in [-0.15, -0.1) is 0 Å². The second-order valence-electron chi connectivity index (χ2n) is 6.07. The van der Waals surface area contributed by atoms with E-state index >= 15 is 0 Å². The van der Waals surface area contributed by atoms with Crippen molar-refractivity contribution in [3.8, 4) is 0 Å². The summed E-state index contributed by atoms with van der Waals surface area (Å²) in [6, 6.07) is 7.32. The van der Waals surface area contributed by atoms with E-state index in [4.69, 9.17) is 16.3 Å². The van der Waals surface area contributed by atoms with Crippen LogP contribution < -0.4 is 5.32 Å². The molecule has 0 unspecified atom stereocenters. The van der Waals surface area contributed by atoms with E-state index in [-0.39, 0.29) is 18.2 Å². The lowest BCUT2D eigenvalue weighted by Gasteiger charge is -2.36. The quantitative estimate of drug-likeness (QED) is 0.897. The summed E-state index contributed by atoms with van der Waals surface area (Å²) in [5.41, 5.74) is 1.01. The predicted molar refractivity (Wildman–Crippen MR) is 92.9 cm³/mol. The molecule has 0 saturated carbocycles. The maximum atomic E-state index is 12.4. The van der Waals surface area contributed by atoms with E-state index in [1.54, 1.807) is 4.90 Å². The van der Waals surface area contributed by atoms with Crippen LogP contribution >= 0.6 is 11.6 Å². The van der Waals surface area contributed by atoms with E-state index in [1.165, 1.54) is 0 Å². The van der Waals surface area contributed by atoms with E-state index in [9.17, 15) is 4.79 Å². The fourth-order valence-electron chi connectivity index (χ4n) is 2.75. The van der Waals surface area contributed by atoms with E-state index in [0.717, 1.165) is 31.6 Å². The van der Waals surface area contributed by atoms with E-state index in [0.29, 0.717) is 11.6 Å². The molecule has 1 aliphatic heterocycles. The molecule has 6 heteroatoms. The zero-order valence-corrected chi connectivity index (χ0v) is 14.8. The number of amides is 2. The first-order chi connectivity index (χ1) is 11.0. The van der Waals surface area contributed by atoms with Crippen LogP contribution in [-0.4, -0.2) is 62.3 Å². The van der Waals surface area contributed by atoms with Crippen molar-refractivity contribution in [1.29, 1.82) is 0 Å². The number of rotatable bonds is 5. The number of ether oxygens (including phenoxy) is 1. The van der Waals surface area contributed by atoms with Crippen molar-refractivity contribution in [2.24, 2.45) is 0 Å². The van der Waals surface area contributed by atoms with Crippen molar-refractivity contribution in [2.45, 2.75) is 25.5 Å². The lowest BCUT2D eigenvalue weighted by Crippen LogP contribution is -2.50. The molecule has 2 atom stereocenters.